The Labute approximate surface area is 80.1 Å². The monoisotopic (exact) mass is 209 g/mol. The van der Waals surface area contributed by atoms with Crippen molar-refractivity contribution < 1.29 is 0 Å². The van der Waals surface area contributed by atoms with Gasteiger partial charge in [0.25, 0.3) is 0 Å². The van der Waals surface area contributed by atoms with Crippen LogP contribution in [0, 0.1) is 0 Å². The first-order valence-corrected chi connectivity index (χ1v) is 4.95. The van der Waals surface area contributed by atoms with Crippen molar-refractivity contribution in [2.75, 3.05) is 6.54 Å². The first-order chi connectivity index (χ1) is 5.24. The van der Waals surface area contributed by atoms with Crippen molar-refractivity contribution in [2.24, 2.45) is 5.73 Å². The fraction of sp³-hybridized carbons (Fsp3) is 0.429. The summed E-state index contributed by atoms with van der Waals surface area (Å²) < 4.78 is 1.55. The minimum absolute atomic E-state index is 0.698. The Kier molecular flexibility index (Phi) is 3.66. The van der Waals surface area contributed by atoms with E-state index in [1.54, 1.807) is 0 Å². The predicted molar refractivity (Wildman–Crippen MR) is 51.7 cm³/mol. The molecule has 11 heavy (non-hydrogen) atoms. The minimum atomic E-state index is 0.698. The van der Waals surface area contributed by atoms with Crippen LogP contribution in [0.5, 0.6) is 0 Å². The lowest BCUT2D eigenvalue weighted by Gasteiger charge is -1.94. The van der Waals surface area contributed by atoms with Crippen LogP contribution in [0.25, 0.3) is 0 Å². The summed E-state index contributed by atoms with van der Waals surface area (Å²) in [5.41, 5.74) is 6.48. The molecule has 1 nitrogen and oxygen atoms in total. The van der Waals surface area contributed by atoms with Gasteiger partial charge in [-0.15, -0.1) is 11.3 Å². The van der Waals surface area contributed by atoms with E-state index in [9.17, 15) is 0 Å². The molecule has 4 heteroatoms. The van der Waals surface area contributed by atoms with Gasteiger partial charge >= 0.3 is 0 Å². The number of hydrogen-bond donors (Lipinski definition) is 1. The van der Waals surface area contributed by atoms with Crippen molar-refractivity contribution in [1.29, 1.82) is 0 Å². The number of nitrogens with two attached hydrogens (primary N) is 1. The molecule has 0 aliphatic rings. The van der Waals surface area contributed by atoms with Crippen LogP contribution in [-0.4, -0.2) is 6.54 Å². The summed E-state index contributed by atoms with van der Waals surface area (Å²) in [7, 11) is 0. The highest BCUT2D eigenvalue weighted by molar-refractivity contribution is 7.20. The first kappa shape index (κ1) is 9.33. The molecule has 0 fully saturated rings. The molecule has 0 unspecified atom stereocenters. The Bertz CT molecular complexity index is 234. The third-order valence-corrected chi connectivity index (χ3v) is 2.95. The molecule has 1 aromatic heterocycles. The highest BCUT2D eigenvalue weighted by atomic mass is 35.5. The minimum Gasteiger partial charge on any atom is -0.330 e. The average Bonchev–Trinajstić information content (AvgIpc) is 2.26. The van der Waals surface area contributed by atoms with Gasteiger partial charge in [-0.05, 0) is 31.0 Å². The molecule has 1 heterocycles. The van der Waals surface area contributed by atoms with Gasteiger partial charge in [-0.25, -0.2) is 0 Å². The van der Waals surface area contributed by atoms with Crippen LogP contribution in [0.3, 0.4) is 0 Å². The zero-order chi connectivity index (χ0) is 8.27. The highest BCUT2D eigenvalue weighted by Crippen LogP contribution is 2.31. The van der Waals surface area contributed by atoms with Crippen LogP contribution >= 0.6 is 34.5 Å². The molecule has 0 aliphatic heterocycles. The molecule has 1 rings (SSSR count). The van der Waals surface area contributed by atoms with E-state index >= 15 is 0 Å². The lowest BCUT2D eigenvalue weighted by Crippen LogP contribution is -1.99. The summed E-state index contributed by atoms with van der Waals surface area (Å²) in [6, 6.07) is 1.91. The van der Waals surface area contributed by atoms with Gasteiger partial charge in [0.1, 0.15) is 0 Å². The van der Waals surface area contributed by atoms with Crippen molar-refractivity contribution in [2.45, 2.75) is 12.8 Å². The molecule has 0 bridgehead atoms. The Morgan fingerprint density at radius 2 is 2.18 bits per heavy atom. The Morgan fingerprint density at radius 1 is 1.45 bits per heavy atom. The molecule has 0 atom stereocenters. The molecule has 0 radical (unpaired) electrons. The normalized spacial score (nSPS) is 10.5. The first-order valence-electron chi connectivity index (χ1n) is 3.38. The number of hydrogen-bond acceptors (Lipinski definition) is 2. The smallest absolute Gasteiger partial charge is 0.0976 e. The predicted octanol–water partition coefficient (Wildman–Crippen LogP) is 2.95. The summed E-state index contributed by atoms with van der Waals surface area (Å²) in [6.45, 7) is 0.698. The van der Waals surface area contributed by atoms with Gasteiger partial charge < -0.3 is 5.73 Å². The third kappa shape index (κ3) is 2.64. The molecular weight excluding hydrogens is 201 g/mol. The van der Waals surface area contributed by atoms with Gasteiger partial charge in [-0.1, -0.05) is 23.2 Å². The van der Waals surface area contributed by atoms with E-state index in [1.807, 2.05) is 6.07 Å². The topological polar surface area (TPSA) is 26.0 Å². The van der Waals surface area contributed by atoms with E-state index in [4.69, 9.17) is 28.9 Å². The largest absolute Gasteiger partial charge is 0.330 e. The van der Waals surface area contributed by atoms with E-state index in [1.165, 1.54) is 11.3 Å². The van der Waals surface area contributed by atoms with Crippen LogP contribution in [0.15, 0.2) is 6.07 Å². The van der Waals surface area contributed by atoms with E-state index in [0.29, 0.717) is 6.54 Å². The molecular formula is C7H9Cl2NS. The summed E-state index contributed by atoms with van der Waals surface area (Å²) in [5, 5.41) is 0. The van der Waals surface area contributed by atoms with E-state index in [2.05, 4.69) is 0 Å². The van der Waals surface area contributed by atoms with Gasteiger partial charge in [0.05, 0.1) is 8.67 Å². The van der Waals surface area contributed by atoms with Crippen molar-refractivity contribution in [1.82, 2.24) is 0 Å². The summed E-state index contributed by atoms with van der Waals surface area (Å²) >= 11 is 13.0. The van der Waals surface area contributed by atoms with E-state index < -0.39 is 0 Å². The van der Waals surface area contributed by atoms with Crippen LogP contribution in [0.1, 0.15) is 12.0 Å². The molecule has 0 amide bonds. The molecule has 2 N–H and O–H groups in total. The third-order valence-electron chi connectivity index (χ3n) is 1.38. The van der Waals surface area contributed by atoms with Crippen molar-refractivity contribution in [3.8, 4) is 0 Å². The van der Waals surface area contributed by atoms with Gasteiger partial charge in [-0.3, -0.25) is 0 Å². The molecule has 1 aromatic rings. The SMILES string of the molecule is NCCCc1cc(Cl)sc1Cl. The molecule has 0 spiro atoms. The van der Waals surface area contributed by atoms with Crippen molar-refractivity contribution >= 4 is 34.5 Å². The Morgan fingerprint density at radius 3 is 2.64 bits per heavy atom. The summed E-state index contributed by atoms with van der Waals surface area (Å²) in [4.78, 5) is 0. The maximum Gasteiger partial charge on any atom is 0.0976 e. The maximum absolute atomic E-state index is 5.87. The second kappa shape index (κ2) is 4.31. The second-order valence-corrected chi connectivity index (χ2v) is 4.53. The summed E-state index contributed by atoms with van der Waals surface area (Å²) in [6.07, 6.45) is 1.89. The van der Waals surface area contributed by atoms with Gasteiger partial charge in [0.15, 0.2) is 0 Å². The molecule has 0 aromatic carbocycles. The quantitative estimate of drug-likeness (QED) is 0.815. The number of halogens is 2. The Balaban J connectivity index is 2.62. The lowest BCUT2D eigenvalue weighted by molar-refractivity contribution is 0.835. The number of thiophene rings is 1. The molecule has 0 saturated heterocycles. The fourth-order valence-corrected chi connectivity index (χ4v) is 2.38. The summed E-state index contributed by atoms with van der Waals surface area (Å²) in [5.74, 6) is 0. The van der Waals surface area contributed by atoms with Crippen molar-refractivity contribution in [3.05, 3.63) is 20.3 Å². The zero-order valence-corrected chi connectivity index (χ0v) is 8.27. The zero-order valence-electron chi connectivity index (χ0n) is 5.94. The average molecular weight is 210 g/mol. The van der Waals surface area contributed by atoms with Crippen LogP contribution in [-0.2, 0) is 6.42 Å². The Hall–Kier alpha value is 0.240. The van der Waals surface area contributed by atoms with Crippen LogP contribution in [0.2, 0.25) is 8.67 Å². The standard InChI is InChI=1S/C7H9Cl2NS/c8-6-4-5(2-1-3-10)7(9)11-6/h4H,1-3,10H2. The van der Waals surface area contributed by atoms with E-state index in [0.717, 1.165) is 27.1 Å². The second-order valence-electron chi connectivity index (χ2n) is 2.24. The highest BCUT2D eigenvalue weighted by Gasteiger charge is 2.04. The van der Waals surface area contributed by atoms with Crippen molar-refractivity contribution in [3.63, 3.8) is 0 Å². The van der Waals surface area contributed by atoms with Gasteiger partial charge in [-0.2, -0.15) is 0 Å². The van der Waals surface area contributed by atoms with Crippen LogP contribution < -0.4 is 5.73 Å². The number of rotatable bonds is 3. The number of aryl methyl sites for hydroxylation is 1. The molecule has 0 saturated carbocycles. The molecule has 0 aliphatic carbocycles. The van der Waals surface area contributed by atoms with E-state index in [-0.39, 0.29) is 0 Å². The maximum atomic E-state index is 5.87. The fourth-order valence-electron chi connectivity index (χ4n) is 0.837. The van der Waals surface area contributed by atoms with Crippen LogP contribution in [0.4, 0.5) is 0 Å². The van der Waals surface area contributed by atoms with Gasteiger partial charge in [0, 0.05) is 0 Å². The molecule has 62 valence electrons. The van der Waals surface area contributed by atoms with Gasteiger partial charge in [0.2, 0.25) is 0 Å². The lowest BCUT2D eigenvalue weighted by atomic mass is 10.2.